The van der Waals surface area contributed by atoms with E-state index in [1.807, 2.05) is 18.2 Å². The van der Waals surface area contributed by atoms with Gasteiger partial charge in [0, 0.05) is 26.6 Å². The number of aliphatic hydroxyl groups is 2. The average Bonchev–Trinajstić information content (AvgIpc) is 3.01. The third-order valence-corrected chi connectivity index (χ3v) is 8.71. The lowest BCUT2D eigenvalue weighted by Crippen LogP contribution is -2.63. The van der Waals surface area contributed by atoms with E-state index < -0.39 is 30.6 Å². The first-order valence-corrected chi connectivity index (χ1v) is 17.1. The monoisotopic (exact) mass is 590 g/mol. The minimum Gasteiger partial charge on any atom is -0.388 e. The average molecular weight is 591 g/mol. The minimum absolute atomic E-state index is 0.0820. The number of unbranched alkanes of at least 4 members (excludes halogenated alkanes) is 15. The molecule has 0 aliphatic carbocycles. The van der Waals surface area contributed by atoms with Crippen molar-refractivity contribution < 1.29 is 24.5 Å². The molecule has 5 atom stereocenters. The van der Waals surface area contributed by atoms with Gasteiger partial charge in [-0.3, -0.25) is 4.79 Å². The number of nitrogens with two attached hydrogens (primary N) is 1. The van der Waals surface area contributed by atoms with Gasteiger partial charge in [-0.25, -0.2) is 0 Å². The molecule has 1 aromatic rings. The van der Waals surface area contributed by atoms with Gasteiger partial charge in [-0.1, -0.05) is 127 Å². The molecular formula is C35H62N2O5. The van der Waals surface area contributed by atoms with Crippen LogP contribution in [-0.4, -0.2) is 71.9 Å². The number of hydrogen-bond acceptors (Lipinski definition) is 6. The fourth-order valence-electron chi connectivity index (χ4n) is 5.93. The second-order valence-electron chi connectivity index (χ2n) is 12.3. The van der Waals surface area contributed by atoms with Crippen molar-refractivity contribution >= 4 is 5.91 Å². The first kappa shape index (κ1) is 36.7. The van der Waals surface area contributed by atoms with E-state index in [-0.39, 0.29) is 12.5 Å². The summed E-state index contributed by atoms with van der Waals surface area (Å²) in [6.07, 6.45) is 18.8. The Hall–Kier alpha value is -1.51. The van der Waals surface area contributed by atoms with Crippen molar-refractivity contribution in [3.8, 4) is 0 Å². The Morgan fingerprint density at radius 3 is 1.90 bits per heavy atom. The van der Waals surface area contributed by atoms with Gasteiger partial charge in [0.15, 0.2) is 6.29 Å². The highest BCUT2D eigenvalue weighted by molar-refractivity contribution is 5.76. The maximum absolute atomic E-state index is 13.3. The molecule has 1 heterocycles. The molecule has 0 saturated carbocycles. The van der Waals surface area contributed by atoms with E-state index in [2.05, 4.69) is 19.1 Å². The predicted octanol–water partition coefficient (Wildman–Crippen LogP) is 6.52. The number of nitrogens with zero attached hydrogens (tertiary/aromatic N) is 1. The number of aryl methyl sites for hydroxylation is 1. The van der Waals surface area contributed by atoms with Crippen LogP contribution >= 0.6 is 0 Å². The summed E-state index contributed by atoms with van der Waals surface area (Å²) in [4.78, 5) is 15.1. The first-order valence-electron chi connectivity index (χ1n) is 17.1. The number of methoxy groups -OCH3 is 1. The summed E-state index contributed by atoms with van der Waals surface area (Å²) in [5.41, 5.74) is 7.25. The summed E-state index contributed by atoms with van der Waals surface area (Å²) in [5.74, 6) is 0.0820. The summed E-state index contributed by atoms with van der Waals surface area (Å²) in [5, 5.41) is 21.1. The van der Waals surface area contributed by atoms with Gasteiger partial charge in [-0.05, 0) is 31.2 Å². The molecular weight excluding hydrogens is 528 g/mol. The van der Waals surface area contributed by atoms with Crippen molar-refractivity contribution in [3.05, 3.63) is 35.9 Å². The Bertz CT molecular complexity index is 793. The van der Waals surface area contributed by atoms with Gasteiger partial charge < -0.3 is 30.3 Å². The molecule has 1 fully saturated rings. The van der Waals surface area contributed by atoms with Crippen molar-refractivity contribution in [3.63, 3.8) is 0 Å². The fourth-order valence-corrected chi connectivity index (χ4v) is 5.93. The van der Waals surface area contributed by atoms with Crippen LogP contribution in [0.15, 0.2) is 30.3 Å². The quantitative estimate of drug-likeness (QED) is 0.118. The normalized spacial score (nSPS) is 22.4. The third kappa shape index (κ3) is 14.8. The third-order valence-electron chi connectivity index (χ3n) is 8.71. The second kappa shape index (κ2) is 22.9. The van der Waals surface area contributed by atoms with E-state index in [4.69, 9.17) is 15.2 Å². The number of benzene rings is 1. The number of rotatable bonds is 24. The van der Waals surface area contributed by atoms with Gasteiger partial charge in [0.05, 0.1) is 6.04 Å². The topological polar surface area (TPSA) is 105 Å². The molecule has 7 heteroatoms. The summed E-state index contributed by atoms with van der Waals surface area (Å²) in [6.45, 7) is 3.08. The van der Waals surface area contributed by atoms with E-state index in [1.165, 1.54) is 96.1 Å². The van der Waals surface area contributed by atoms with Crippen molar-refractivity contribution in [2.75, 3.05) is 20.2 Å². The van der Waals surface area contributed by atoms with Gasteiger partial charge >= 0.3 is 0 Å². The van der Waals surface area contributed by atoms with Crippen LogP contribution in [0.5, 0.6) is 0 Å². The molecule has 1 aliphatic rings. The van der Waals surface area contributed by atoms with Crippen molar-refractivity contribution in [1.29, 1.82) is 0 Å². The lowest BCUT2D eigenvalue weighted by Gasteiger charge is -2.42. The molecule has 0 radical (unpaired) electrons. The molecule has 42 heavy (non-hydrogen) atoms. The molecule has 2 rings (SSSR count). The Labute approximate surface area is 256 Å². The molecule has 7 nitrogen and oxygen atoms in total. The van der Waals surface area contributed by atoms with E-state index in [0.717, 1.165) is 32.1 Å². The number of carbonyl (C=O) groups excluding carboxylic acids is 1. The highest BCUT2D eigenvalue weighted by atomic mass is 16.7. The van der Waals surface area contributed by atoms with E-state index >= 15 is 0 Å². The van der Waals surface area contributed by atoms with E-state index in [0.29, 0.717) is 13.0 Å². The SMILES string of the molecule is CCCCCCCCCCCCCCCCCC(=O)N(CCCCc1ccccc1)C[C@H]1O[C@H](OC)[C@@H](N)[C@@H](O)[C@@H]1O. The Kier molecular flexibility index (Phi) is 20.0. The van der Waals surface area contributed by atoms with Crippen LogP contribution in [0.3, 0.4) is 0 Å². The van der Waals surface area contributed by atoms with Crippen LogP contribution in [0.25, 0.3) is 0 Å². The number of amides is 1. The van der Waals surface area contributed by atoms with Crippen molar-refractivity contribution in [2.24, 2.45) is 5.73 Å². The van der Waals surface area contributed by atoms with Gasteiger partial charge in [0.25, 0.3) is 0 Å². The zero-order chi connectivity index (χ0) is 30.4. The van der Waals surface area contributed by atoms with Gasteiger partial charge in [-0.2, -0.15) is 0 Å². The largest absolute Gasteiger partial charge is 0.388 e. The van der Waals surface area contributed by atoms with E-state index in [9.17, 15) is 15.0 Å². The van der Waals surface area contributed by atoms with Gasteiger partial charge in [-0.15, -0.1) is 0 Å². The molecule has 0 spiro atoms. The summed E-state index contributed by atoms with van der Waals surface area (Å²) in [6, 6.07) is 9.53. The molecule has 4 N–H and O–H groups in total. The molecule has 0 unspecified atom stereocenters. The highest BCUT2D eigenvalue weighted by Crippen LogP contribution is 2.22. The summed E-state index contributed by atoms with van der Waals surface area (Å²) >= 11 is 0. The van der Waals surface area contributed by atoms with Crippen LogP contribution in [0.1, 0.15) is 128 Å². The molecule has 0 aromatic heterocycles. The van der Waals surface area contributed by atoms with Crippen LogP contribution in [-0.2, 0) is 20.7 Å². The van der Waals surface area contributed by atoms with Gasteiger partial charge in [0.2, 0.25) is 5.91 Å². The standard InChI is InChI=1S/C35H62N2O5/c1-3-4-5-6-7-8-9-10-11-12-13-14-15-16-20-26-31(38)37(27-22-21-25-29-23-18-17-19-24-29)28-30-33(39)34(40)32(36)35(41-2)42-30/h17-19,23-24,30,32-35,39-40H,3-16,20-22,25-28,36H2,1-2H3/t30-,32+,33-,34-,35+/m1/s1. The van der Waals surface area contributed by atoms with Gasteiger partial charge in [0.1, 0.15) is 18.3 Å². The minimum atomic E-state index is -1.17. The number of aliphatic hydroxyl groups excluding tert-OH is 2. The van der Waals surface area contributed by atoms with E-state index in [1.54, 1.807) is 4.90 Å². The molecule has 1 amide bonds. The number of carbonyl (C=O) groups is 1. The van der Waals surface area contributed by atoms with Crippen LogP contribution < -0.4 is 5.73 Å². The Morgan fingerprint density at radius 2 is 1.36 bits per heavy atom. The maximum atomic E-state index is 13.3. The lowest BCUT2D eigenvalue weighted by molar-refractivity contribution is -0.254. The maximum Gasteiger partial charge on any atom is 0.222 e. The molecule has 1 aromatic carbocycles. The highest BCUT2D eigenvalue weighted by Gasteiger charge is 2.43. The molecule has 242 valence electrons. The number of hydrogen-bond donors (Lipinski definition) is 3. The van der Waals surface area contributed by atoms with Crippen LogP contribution in [0.4, 0.5) is 0 Å². The lowest BCUT2D eigenvalue weighted by atomic mass is 9.96. The molecule has 0 bridgehead atoms. The molecule has 1 saturated heterocycles. The van der Waals surface area contributed by atoms with Crippen molar-refractivity contribution in [2.45, 2.75) is 160 Å². The summed E-state index contributed by atoms with van der Waals surface area (Å²) < 4.78 is 11.1. The van der Waals surface area contributed by atoms with Crippen LogP contribution in [0.2, 0.25) is 0 Å². The first-order chi connectivity index (χ1) is 20.5. The van der Waals surface area contributed by atoms with Crippen LogP contribution in [0, 0.1) is 0 Å². The Balaban J connectivity index is 1.68. The van der Waals surface area contributed by atoms with Crippen molar-refractivity contribution in [1.82, 2.24) is 4.90 Å². The smallest absolute Gasteiger partial charge is 0.222 e. The zero-order valence-corrected chi connectivity index (χ0v) is 26.8. The fraction of sp³-hybridized carbons (Fsp3) is 0.800. The summed E-state index contributed by atoms with van der Waals surface area (Å²) in [7, 11) is 1.47. The zero-order valence-electron chi connectivity index (χ0n) is 26.8. The Morgan fingerprint density at radius 1 is 0.810 bits per heavy atom. The number of ether oxygens (including phenoxy) is 2. The second-order valence-corrected chi connectivity index (χ2v) is 12.3. The predicted molar refractivity (Wildman–Crippen MR) is 171 cm³/mol. The molecule has 1 aliphatic heterocycles.